The average Bonchev–Trinajstić information content (AvgIpc) is 2.92. The van der Waals surface area contributed by atoms with Crippen LogP contribution in [0.2, 0.25) is 0 Å². The average molecular weight is 293 g/mol. The highest BCUT2D eigenvalue weighted by Gasteiger charge is 2.14. The first kappa shape index (κ1) is 15.2. The molecular weight excluding hydrogens is 272 g/mol. The number of methoxy groups -OCH3 is 2. The van der Waals surface area contributed by atoms with Crippen LogP contribution in [0, 0.1) is 0 Å². The van der Waals surface area contributed by atoms with Crippen molar-refractivity contribution < 1.29 is 23.9 Å². The van der Waals surface area contributed by atoms with Crippen molar-refractivity contribution in [2.75, 3.05) is 20.8 Å². The van der Waals surface area contributed by atoms with Crippen LogP contribution < -0.4 is 18.8 Å². The smallest absolute Gasteiger partial charge is 0.243 e. The minimum atomic E-state index is -0.0765. The molecule has 1 aromatic carbocycles. The summed E-state index contributed by atoms with van der Waals surface area (Å²) in [4.78, 5) is 0. The first-order valence-electron chi connectivity index (χ1n) is 6.67. The van der Waals surface area contributed by atoms with Gasteiger partial charge in [0, 0.05) is 0 Å². The molecule has 6 heteroatoms. The maximum atomic E-state index is 9.24. The van der Waals surface area contributed by atoms with Gasteiger partial charge < -0.3 is 19.3 Å². The van der Waals surface area contributed by atoms with Crippen LogP contribution in [0.4, 0.5) is 0 Å². The highest BCUT2D eigenvalue weighted by atomic mass is 16.5. The molecule has 2 aromatic rings. The van der Waals surface area contributed by atoms with Crippen molar-refractivity contribution in [3.8, 4) is 17.2 Å². The highest BCUT2D eigenvalue weighted by molar-refractivity contribution is 5.53. The summed E-state index contributed by atoms with van der Waals surface area (Å²) in [7, 11) is 5.10. The molecule has 0 unspecified atom stereocenters. The van der Waals surface area contributed by atoms with E-state index < -0.39 is 0 Å². The predicted octanol–water partition coefficient (Wildman–Crippen LogP) is 0.901. The fourth-order valence-electron chi connectivity index (χ4n) is 2.05. The third-order valence-electron chi connectivity index (χ3n) is 3.12. The van der Waals surface area contributed by atoms with Crippen LogP contribution in [0.25, 0.3) is 0 Å². The van der Waals surface area contributed by atoms with E-state index >= 15 is 0 Å². The van der Waals surface area contributed by atoms with Gasteiger partial charge in [-0.2, -0.15) is 0 Å². The van der Waals surface area contributed by atoms with Gasteiger partial charge in [-0.25, -0.2) is 9.13 Å². The normalized spacial score (nSPS) is 10.5. The van der Waals surface area contributed by atoms with E-state index in [4.69, 9.17) is 14.2 Å². The second-order valence-electron chi connectivity index (χ2n) is 4.65. The molecular formula is C15H21N2O4+. The molecule has 0 bridgehead atoms. The van der Waals surface area contributed by atoms with Gasteiger partial charge in [0.25, 0.3) is 0 Å². The molecule has 0 fully saturated rings. The molecule has 0 atom stereocenters. The summed E-state index contributed by atoms with van der Waals surface area (Å²) < 4.78 is 20.4. The van der Waals surface area contributed by atoms with Gasteiger partial charge >= 0.3 is 0 Å². The largest absolute Gasteiger partial charge is 0.493 e. The van der Waals surface area contributed by atoms with Crippen molar-refractivity contribution in [1.82, 2.24) is 4.57 Å². The lowest BCUT2D eigenvalue weighted by Crippen LogP contribution is -2.24. The third kappa shape index (κ3) is 3.66. The molecule has 0 radical (unpaired) electrons. The Hall–Kier alpha value is -2.21. The van der Waals surface area contributed by atoms with Gasteiger partial charge in [0.2, 0.25) is 12.1 Å². The maximum absolute atomic E-state index is 9.24. The molecule has 2 rings (SSSR count). The highest BCUT2D eigenvalue weighted by Crippen LogP contribution is 2.38. The Morgan fingerprint density at radius 3 is 2.33 bits per heavy atom. The summed E-state index contributed by atoms with van der Waals surface area (Å²) in [6, 6.07) is 3.49. The molecule has 1 heterocycles. The summed E-state index contributed by atoms with van der Waals surface area (Å²) in [6.45, 7) is 1.13. The minimum absolute atomic E-state index is 0.0765. The van der Waals surface area contributed by atoms with Crippen LogP contribution in [-0.2, 0) is 20.2 Å². The first-order valence-corrected chi connectivity index (χ1v) is 6.67. The number of aryl methyl sites for hydroxylation is 1. The van der Waals surface area contributed by atoms with E-state index in [-0.39, 0.29) is 6.61 Å². The fraction of sp³-hybridized carbons (Fsp3) is 0.400. The van der Waals surface area contributed by atoms with Crippen LogP contribution >= 0.6 is 0 Å². The first-order chi connectivity index (χ1) is 10.2. The van der Waals surface area contributed by atoms with E-state index in [1.807, 2.05) is 34.9 Å². The van der Waals surface area contributed by atoms with E-state index in [1.165, 1.54) is 0 Å². The molecule has 6 nitrogen and oxygen atoms in total. The van der Waals surface area contributed by atoms with E-state index in [9.17, 15) is 5.11 Å². The van der Waals surface area contributed by atoms with Gasteiger partial charge in [-0.3, -0.25) is 0 Å². The van der Waals surface area contributed by atoms with Crippen molar-refractivity contribution in [3.63, 3.8) is 0 Å². The second kappa shape index (κ2) is 6.99. The van der Waals surface area contributed by atoms with E-state index in [2.05, 4.69) is 0 Å². The summed E-state index contributed by atoms with van der Waals surface area (Å²) in [5.74, 6) is 1.65. The summed E-state index contributed by atoms with van der Waals surface area (Å²) in [5, 5.41) is 9.24. The zero-order valence-electron chi connectivity index (χ0n) is 12.6. The number of aliphatic hydroxyl groups is 1. The quantitative estimate of drug-likeness (QED) is 0.771. The van der Waals surface area contributed by atoms with Crippen molar-refractivity contribution in [3.05, 3.63) is 36.4 Å². The summed E-state index contributed by atoms with van der Waals surface area (Å²) in [6.07, 6.45) is 5.93. The molecule has 0 aliphatic heterocycles. The number of hydrogen-bond acceptors (Lipinski definition) is 4. The molecule has 21 heavy (non-hydrogen) atoms. The number of imidazole rings is 1. The summed E-state index contributed by atoms with van der Waals surface area (Å²) in [5.41, 5.74) is 0.716. The van der Waals surface area contributed by atoms with Gasteiger partial charge in [-0.15, -0.1) is 0 Å². The van der Waals surface area contributed by atoms with Gasteiger partial charge in [-0.1, -0.05) is 0 Å². The van der Waals surface area contributed by atoms with Crippen molar-refractivity contribution in [1.29, 1.82) is 0 Å². The van der Waals surface area contributed by atoms with Crippen molar-refractivity contribution in [2.24, 2.45) is 7.05 Å². The minimum Gasteiger partial charge on any atom is -0.493 e. The molecule has 1 N–H and O–H groups in total. The predicted molar refractivity (Wildman–Crippen MR) is 76.6 cm³/mol. The summed E-state index contributed by atoms with van der Waals surface area (Å²) >= 11 is 0. The Balaban J connectivity index is 2.10. The van der Waals surface area contributed by atoms with E-state index in [0.29, 0.717) is 29.4 Å². The molecule has 0 saturated carbocycles. The van der Waals surface area contributed by atoms with Crippen LogP contribution in [0.15, 0.2) is 30.9 Å². The van der Waals surface area contributed by atoms with Gasteiger partial charge in [0.1, 0.15) is 25.5 Å². The SMILES string of the molecule is COc1cc(CO)cc(OC)c1OCCn1cc[n+](C)c1. The van der Waals surface area contributed by atoms with Gasteiger partial charge in [-0.05, 0) is 17.7 Å². The molecule has 0 aliphatic rings. The standard InChI is InChI=1S/C15H21N2O4/c1-16-4-5-17(11-16)6-7-21-15-13(19-2)8-12(10-18)9-14(15)20-3/h4-5,8-9,11,18H,6-7,10H2,1-3H3/q+1. The molecule has 0 aliphatic carbocycles. The number of aliphatic hydroxyl groups excluding tert-OH is 1. The number of nitrogens with zero attached hydrogens (tertiary/aromatic N) is 2. The van der Waals surface area contributed by atoms with Gasteiger partial charge in [0.15, 0.2) is 11.5 Å². The Labute approximate surface area is 124 Å². The van der Waals surface area contributed by atoms with Crippen molar-refractivity contribution in [2.45, 2.75) is 13.2 Å². The topological polar surface area (TPSA) is 56.7 Å². The molecule has 0 spiro atoms. The molecule has 1 aromatic heterocycles. The third-order valence-corrected chi connectivity index (χ3v) is 3.12. The fourth-order valence-corrected chi connectivity index (χ4v) is 2.05. The van der Waals surface area contributed by atoms with E-state index in [0.717, 1.165) is 6.54 Å². The Bertz CT molecular complexity index is 570. The lowest BCUT2D eigenvalue weighted by atomic mass is 10.2. The number of rotatable bonds is 7. The molecule has 0 saturated heterocycles. The lowest BCUT2D eigenvalue weighted by molar-refractivity contribution is -0.671. The Kier molecular flexibility index (Phi) is 5.05. The number of benzene rings is 1. The number of ether oxygens (including phenoxy) is 3. The zero-order valence-corrected chi connectivity index (χ0v) is 12.6. The second-order valence-corrected chi connectivity index (χ2v) is 4.65. The monoisotopic (exact) mass is 293 g/mol. The van der Waals surface area contributed by atoms with Crippen LogP contribution in [-0.4, -0.2) is 30.5 Å². The Morgan fingerprint density at radius 2 is 1.86 bits per heavy atom. The van der Waals surface area contributed by atoms with Gasteiger partial charge in [0.05, 0.1) is 27.9 Å². The zero-order chi connectivity index (χ0) is 15.2. The number of aromatic nitrogens is 2. The van der Waals surface area contributed by atoms with E-state index in [1.54, 1.807) is 26.4 Å². The lowest BCUT2D eigenvalue weighted by Gasteiger charge is -2.15. The Morgan fingerprint density at radius 1 is 1.19 bits per heavy atom. The molecule has 114 valence electrons. The van der Waals surface area contributed by atoms with Crippen molar-refractivity contribution >= 4 is 0 Å². The van der Waals surface area contributed by atoms with Crippen LogP contribution in [0.5, 0.6) is 17.2 Å². The van der Waals surface area contributed by atoms with Crippen LogP contribution in [0.1, 0.15) is 5.56 Å². The molecule has 0 amide bonds. The number of hydrogen-bond donors (Lipinski definition) is 1. The maximum Gasteiger partial charge on any atom is 0.243 e. The van der Waals surface area contributed by atoms with Crippen LogP contribution in [0.3, 0.4) is 0 Å².